The molecule has 1 aromatic heterocycles. The molecule has 1 aliphatic carbocycles. The fraction of sp³-hybridized carbons (Fsp3) is 0.524. The zero-order chi connectivity index (χ0) is 19.7. The minimum atomic E-state index is -0.300. The van der Waals surface area contributed by atoms with Crippen LogP contribution in [-0.4, -0.2) is 39.5 Å². The van der Waals surface area contributed by atoms with Gasteiger partial charge >= 0.3 is 0 Å². The average Bonchev–Trinajstić information content (AvgIpc) is 3.42. The molecule has 148 valence electrons. The average molecular weight is 399 g/mol. The van der Waals surface area contributed by atoms with E-state index in [1.165, 1.54) is 29.7 Å². The first-order valence-corrected chi connectivity index (χ1v) is 10.9. The van der Waals surface area contributed by atoms with Crippen LogP contribution in [0.2, 0.25) is 0 Å². The van der Waals surface area contributed by atoms with Crippen LogP contribution in [0.4, 0.5) is 5.13 Å². The van der Waals surface area contributed by atoms with Gasteiger partial charge < -0.3 is 10.2 Å². The quantitative estimate of drug-likeness (QED) is 0.824. The molecule has 0 radical (unpaired) electrons. The van der Waals surface area contributed by atoms with Crippen LogP contribution in [0.3, 0.4) is 0 Å². The normalized spacial score (nSPS) is 20.3. The van der Waals surface area contributed by atoms with Crippen molar-refractivity contribution in [2.24, 2.45) is 5.92 Å². The van der Waals surface area contributed by atoms with E-state index in [0.29, 0.717) is 30.1 Å². The van der Waals surface area contributed by atoms with E-state index in [2.05, 4.69) is 41.5 Å². The van der Waals surface area contributed by atoms with Crippen LogP contribution in [0, 0.1) is 5.92 Å². The number of anilines is 1. The van der Waals surface area contributed by atoms with Gasteiger partial charge in [-0.1, -0.05) is 62.3 Å². The molecular formula is C21H26N4O2S. The molecule has 28 heavy (non-hydrogen) atoms. The van der Waals surface area contributed by atoms with Crippen molar-refractivity contribution in [1.82, 2.24) is 15.1 Å². The molecule has 2 aliphatic rings. The highest BCUT2D eigenvalue weighted by Crippen LogP contribution is 2.31. The van der Waals surface area contributed by atoms with Gasteiger partial charge in [0.2, 0.25) is 16.9 Å². The van der Waals surface area contributed by atoms with E-state index < -0.39 is 0 Å². The third-order valence-corrected chi connectivity index (χ3v) is 6.66. The first kappa shape index (κ1) is 19.1. The van der Waals surface area contributed by atoms with E-state index in [9.17, 15) is 9.59 Å². The molecule has 1 saturated heterocycles. The number of benzene rings is 1. The third-order valence-electron chi connectivity index (χ3n) is 5.77. The largest absolute Gasteiger partial charge is 0.339 e. The second-order valence-corrected chi connectivity index (χ2v) is 9.04. The second kappa shape index (κ2) is 7.99. The Hall–Kier alpha value is -2.28. The standard InChI is InChI=1S/C21H26N4O2S/c1-13(2)14-7-9-15(10-8-14)20-23-24-21(28-20)22-19(27)16-11-18(26)25(12-16)17-5-3-4-6-17/h7-10,13,16-17H,3-6,11-12H2,1-2H3,(H,22,24,27). The van der Waals surface area contributed by atoms with Gasteiger partial charge in [-0.3, -0.25) is 9.59 Å². The molecule has 2 amide bonds. The number of hydrogen-bond acceptors (Lipinski definition) is 5. The molecule has 7 heteroatoms. The van der Waals surface area contributed by atoms with Gasteiger partial charge in [0.25, 0.3) is 0 Å². The predicted octanol–water partition coefficient (Wildman–Crippen LogP) is 4.06. The van der Waals surface area contributed by atoms with Crippen molar-refractivity contribution in [2.75, 3.05) is 11.9 Å². The molecule has 2 aromatic rings. The monoisotopic (exact) mass is 398 g/mol. The molecule has 1 N–H and O–H groups in total. The Balaban J connectivity index is 1.38. The maximum Gasteiger partial charge on any atom is 0.231 e. The smallest absolute Gasteiger partial charge is 0.231 e. The highest BCUT2D eigenvalue weighted by atomic mass is 32.1. The highest BCUT2D eigenvalue weighted by Gasteiger charge is 2.38. The summed E-state index contributed by atoms with van der Waals surface area (Å²) in [7, 11) is 0. The zero-order valence-electron chi connectivity index (χ0n) is 16.4. The topological polar surface area (TPSA) is 75.2 Å². The third kappa shape index (κ3) is 3.94. The van der Waals surface area contributed by atoms with Crippen molar-refractivity contribution in [3.8, 4) is 10.6 Å². The lowest BCUT2D eigenvalue weighted by Crippen LogP contribution is -2.35. The summed E-state index contributed by atoms with van der Waals surface area (Å²) >= 11 is 1.36. The Morgan fingerprint density at radius 3 is 2.57 bits per heavy atom. The number of carbonyl (C=O) groups is 2. The number of amides is 2. The first-order valence-electron chi connectivity index (χ1n) is 10.1. The molecule has 1 saturated carbocycles. The van der Waals surface area contributed by atoms with Crippen LogP contribution in [0.25, 0.3) is 10.6 Å². The molecule has 1 aromatic carbocycles. The van der Waals surface area contributed by atoms with Crippen LogP contribution in [0.5, 0.6) is 0 Å². The van der Waals surface area contributed by atoms with E-state index >= 15 is 0 Å². The fourth-order valence-electron chi connectivity index (χ4n) is 4.08. The SMILES string of the molecule is CC(C)c1ccc(-c2nnc(NC(=O)C3CC(=O)N(C4CCCC4)C3)s2)cc1. The van der Waals surface area contributed by atoms with Gasteiger partial charge in [-0.15, -0.1) is 10.2 Å². The van der Waals surface area contributed by atoms with Gasteiger partial charge in [0.05, 0.1) is 5.92 Å². The van der Waals surface area contributed by atoms with Crippen molar-refractivity contribution >= 4 is 28.3 Å². The zero-order valence-corrected chi connectivity index (χ0v) is 17.2. The summed E-state index contributed by atoms with van der Waals surface area (Å²) in [6.07, 6.45) is 4.78. The molecule has 0 bridgehead atoms. The maximum atomic E-state index is 12.6. The lowest BCUT2D eigenvalue weighted by molar-refractivity contribution is -0.129. The van der Waals surface area contributed by atoms with Crippen molar-refractivity contribution < 1.29 is 9.59 Å². The number of likely N-dealkylation sites (tertiary alicyclic amines) is 1. The number of aromatic nitrogens is 2. The number of rotatable bonds is 5. The van der Waals surface area contributed by atoms with Gasteiger partial charge in [0.1, 0.15) is 5.01 Å². The van der Waals surface area contributed by atoms with Crippen molar-refractivity contribution in [3.05, 3.63) is 29.8 Å². The molecule has 1 unspecified atom stereocenters. The van der Waals surface area contributed by atoms with Gasteiger partial charge in [0, 0.05) is 24.6 Å². The van der Waals surface area contributed by atoms with Crippen molar-refractivity contribution in [1.29, 1.82) is 0 Å². The molecule has 1 atom stereocenters. The summed E-state index contributed by atoms with van der Waals surface area (Å²) in [5.74, 6) is 0.156. The summed E-state index contributed by atoms with van der Waals surface area (Å²) in [6, 6.07) is 8.60. The fourth-order valence-corrected chi connectivity index (χ4v) is 4.84. The Kier molecular flexibility index (Phi) is 5.44. The Morgan fingerprint density at radius 2 is 1.89 bits per heavy atom. The van der Waals surface area contributed by atoms with Crippen LogP contribution in [0.1, 0.15) is 57.4 Å². The number of carbonyl (C=O) groups excluding carboxylic acids is 2. The van der Waals surface area contributed by atoms with Crippen LogP contribution in [0.15, 0.2) is 24.3 Å². The molecule has 6 nitrogen and oxygen atoms in total. The minimum absolute atomic E-state index is 0.107. The lowest BCUT2D eigenvalue weighted by atomic mass is 10.0. The molecular weight excluding hydrogens is 372 g/mol. The Bertz CT molecular complexity index is 856. The van der Waals surface area contributed by atoms with E-state index in [0.717, 1.165) is 23.4 Å². The summed E-state index contributed by atoms with van der Waals surface area (Å²) in [6.45, 7) is 4.85. The number of hydrogen-bond donors (Lipinski definition) is 1. The molecule has 2 fully saturated rings. The van der Waals surface area contributed by atoms with Crippen molar-refractivity contribution in [2.45, 2.75) is 57.9 Å². The molecule has 0 spiro atoms. The van der Waals surface area contributed by atoms with Crippen LogP contribution in [-0.2, 0) is 9.59 Å². The Morgan fingerprint density at radius 1 is 1.18 bits per heavy atom. The van der Waals surface area contributed by atoms with Gasteiger partial charge in [0.15, 0.2) is 0 Å². The minimum Gasteiger partial charge on any atom is -0.339 e. The number of nitrogens with zero attached hydrogens (tertiary/aromatic N) is 3. The highest BCUT2D eigenvalue weighted by molar-refractivity contribution is 7.18. The summed E-state index contributed by atoms with van der Waals surface area (Å²) < 4.78 is 0. The lowest BCUT2D eigenvalue weighted by Gasteiger charge is -2.23. The van der Waals surface area contributed by atoms with E-state index in [-0.39, 0.29) is 17.7 Å². The predicted molar refractivity (Wildman–Crippen MR) is 110 cm³/mol. The molecule has 2 heterocycles. The second-order valence-electron chi connectivity index (χ2n) is 8.06. The van der Waals surface area contributed by atoms with Gasteiger partial charge in [-0.25, -0.2) is 0 Å². The van der Waals surface area contributed by atoms with Crippen LogP contribution >= 0.6 is 11.3 Å². The first-order chi connectivity index (χ1) is 13.5. The molecule has 4 rings (SSSR count). The summed E-state index contributed by atoms with van der Waals surface area (Å²) in [5.41, 5.74) is 2.27. The summed E-state index contributed by atoms with van der Waals surface area (Å²) in [4.78, 5) is 26.9. The van der Waals surface area contributed by atoms with Crippen molar-refractivity contribution in [3.63, 3.8) is 0 Å². The Labute approximate surface area is 169 Å². The molecule has 1 aliphatic heterocycles. The van der Waals surface area contributed by atoms with Gasteiger partial charge in [-0.2, -0.15) is 0 Å². The van der Waals surface area contributed by atoms with Crippen LogP contribution < -0.4 is 5.32 Å². The van der Waals surface area contributed by atoms with E-state index in [4.69, 9.17) is 0 Å². The van der Waals surface area contributed by atoms with E-state index in [1.54, 1.807) is 0 Å². The summed E-state index contributed by atoms with van der Waals surface area (Å²) in [5, 5.41) is 12.5. The maximum absolute atomic E-state index is 12.6. The van der Waals surface area contributed by atoms with Gasteiger partial charge in [-0.05, 0) is 24.3 Å². The number of nitrogens with one attached hydrogen (secondary N) is 1. The van der Waals surface area contributed by atoms with E-state index in [1.807, 2.05) is 17.0 Å².